The Morgan fingerprint density at radius 1 is 0.385 bits per heavy atom. The van der Waals surface area contributed by atoms with E-state index in [4.69, 9.17) is 0 Å². The maximum Gasteiger partial charge on any atom is 0.0462 e. The molecule has 0 radical (unpaired) electrons. The third kappa shape index (κ3) is 10.4. The van der Waals surface area contributed by atoms with Gasteiger partial charge >= 0.3 is 0 Å². The molecule has 1 atom stereocenters. The van der Waals surface area contributed by atoms with Gasteiger partial charge in [-0.15, -0.1) is 0 Å². The van der Waals surface area contributed by atoms with Crippen molar-refractivity contribution in [3.05, 3.63) is 263 Å². The Morgan fingerprint density at radius 2 is 0.692 bits per heavy atom. The van der Waals surface area contributed by atoms with Crippen LogP contribution in [0.2, 0.25) is 0 Å². The summed E-state index contributed by atoms with van der Waals surface area (Å²) in [5, 5.41) is 0. The molecule has 0 saturated heterocycles. The standard InChI is InChI=1S/C64H55N/c1-46-15-23-55(24-16-46)49(4)45-52-21-29-58(30-22-52)61-35-41-64(42-36-61)65(62-37-31-59(32-38-62)56-25-17-50(18-26-56)43-47(2)53-11-7-5-8-12-53)63-39-33-60(34-40-63)57-27-19-51(20-28-57)44-48(3)54-13-9-6-10-14-54/h5-15,17-46H,16H2,1-4H3/b47-43+,48-44+,49-45+. The van der Waals surface area contributed by atoms with Crippen molar-refractivity contribution in [1.82, 2.24) is 0 Å². The molecule has 1 aliphatic carbocycles. The average molecular weight is 838 g/mol. The maximum atomic E-state index is 2.36. The molecule has 0 N–H and O–H groups in total. The van der Waals surface area contributed by atoms with Gasteiger partial charge in [-0.05, 0) is 153 Å². The van der Waals surface area contributed by atoms with E-state index in [1.807, 2.05) is 0 Å². The van der Waals surface area contributed by atoms with Gasteiger partial charge in [0.25, 0.3) is 0 Å². The Bertz CT molecular complexity index is 2860. The van der Waals surface area contributed by atoms with Crippen molar-refractivity contribution in [3.63, 3.8) is 0 Å². The summed E-state index contributed by atoms with van der Waals surface area (Å²) in [5.74, 6) is 0.616. The first kappa shape index (κ1) is 42.6. The second-order valence-corrected chi connectivity index (χ2v) is 17.3. The molecule has 65 heavy (non-hydrogen) atoms. The van der Waals surface area contributed by atoms with Crippen LogP contribution in [0.15, 0.2) is 236 Å². The normalized spacial score (nSPS) is 14.2. The van der Waals surface area contributed by atoms with Crippen LogP contribution in [0.5, 0.6) is 0 Å². The van der Waals surface area contributed by atoms with Crippen LogP contribution in [0.25, 0.3) is 62.8 Å². The molecular weight excluding hydrogens is 783 g/mol. The van der Waals surface area contributed by atoms with E-state index in [1.54, 1.807) is 0 Å². The number of hydrogen-bond donors (Lipinski definition) is 0. The molecule has 1 unspecified atom stereocenters. The Hall–Kier alpha value is -7.74. The van der Waals surface area contributed by atoms with Gasteiger partial charge in [0, 0.05) is 17.1 Å². The van der Waals surface area contributed by atoms with Gasteiger partial charge in [-0.2, -0.15) is 0 Å². The zero-order valence-corrected chi connectivity index (χ0v) is 37.8. The van der Waals surface area contributed by atoms with Gasteiger partial charge in [-0.25, -0.2) is 0 Å². The lowest BCUT2D eigenvalue weighted by atomic mass is 9.93. The van der Waals surface area contributed by atoms with Crippen LogP contribution in [-0.4, -0.2) is 0 Å². The summed E-state index contributed by atoms with van der Waals surface area (Å²) in [6.45, 7) is 8.81. The smallest absolute Gasteiger partial charge is 0.0462 e. The van der Waals surface area contributed by atoms with Gasteiger partial charge in [0.15, 0.2) is 0 Å². The second kappa shape index (κ2) is 19.8. The quantitative estimate of drug-likeness (QED) is 0.111. The Morgan fingerprint density at radius 3 is 1.00 bits per heavy atom. The first-order valence-electron chi connectivity index (χ1n) is 22.8. The van der Waals surface area contributed by atoms with Gasteiger partial charge in [-0.1, -0.05) is 213 Å². The Labute approximate surface area is 386 Å². The molecule has 316 valence electrons. The van der Waals surface area contributed by atoms with Crippen LogP contribution in [0.1, 0.15) is 61.9 Å². The van der Waals surface area contributed by atoms with E-state index >= 15 is 0 Å². The molecule has 0 fully saturated rings. The molecule has 1 nitrogen and oxygen atoms in total. The first-order chi connectivity index (χ1) is 31.8. The van der Waals surface area contributed by atoms with Crippen molar-refractivity contribution in [1.29, 1.82) is 0 Å². The van der Waals surface area contributed by atoms with Gasteiger partial charge in [-0.3, -0.25) is 0 Å². The minimum absolute atomic E-state index is 0.616. The van der Waals surface area contributed by atoms with Gasteiger partial charge in [0.2, 0.25) is 0 Å². The molecule has 0 aliphatic heterocycles. The predicted molar refractivity (Wildman–Crippen MR) is 282 cm³/mol. The largest absolute Gasteiger partial charge is 0.311 e. The van der Waals surface area contributed by atoms with Crippen molar-refractivity contribution >= 4 is 46.4 Å². The monoisotopic (exact) mass is 837 g/mol. The van der Waals surface area contributed by atoms with Crippen molar-refractivity contribution < 1.29 is 0 Å². The summed E-state index contributed by atoms with van der Waals surface area (Å²) in [7, 11) is 0. The zero-order valence-electron chi connectivity index (χ0n) is 37.8. The van der Waals surface area contributed by atoms with Crippen molar-refractivity contribution in [2.45, 2.75) is 34.1 Å². The van der Waals surface area contributed by atoms with Crippen molar-refractivity contribution in [2.75, 3.05) is 4.90 Å². The van der Waals surface area contributed by atoms with Crippen LogP contribution in [0, 0.1) is 5.92 Å². The minimum atomic E-state index is 0.616. The van der Waals surface area contributed by atoms with Crippen LogP contribution < -0.4 is 4.90 Å². The predicted octanol–water partition coefficient (Wildman–Crippen LogP) is 18.2. The number of anilines is 3. The van der Waals surface area contributed by atoms with Crippen molar-refractivity contribution in [3.8, 4) is 33.4 Å². The van der Waals surface area contributed by atoms with Crippen LogP contribution >= 0.6 is 0 Å². The van der Waals surface area contributed by atoms with Crippen molar-refractivity contribution in [2.24, 2.45) is 5.92 Å². The molecule has 0 aromatic heterocycles. The molecule has 9 rings (SSSR count). The summed E-state index contributed by atoms with van der Waals surface area (Å²) in [4.78, 5) is 2.35. The summed E-state index contributed by atoms with van der Waals surface area (Å²) in [6.07, 6.45) is 14.8. The van der Waals surface area contributed by atoms with E-state index in [2.05, 4.69) is 275 Å². The third-order valence-electron chi connectivity index (χ3n) is 12.5. The van der Waals surface area contributed by atoms with Gasteiger partial charge in [0.05, 0.1) is 0 Å². The number of benzene rings is 8. The highest BCUT2D eigenvalue weighted by Crippen LogP contribution is 2.38. The molecule has 0 saturated carbocycles. The lowest BCUT2D eigenvalue weighted by Crippen LogP contribution is -2.09. The van der Waals surface area contributed by atoms with E-state index in [9.17, 15) is 0 Å². The highest BCUT2D eigenvalue weighted by atomic mass is 15.1. The average Bonchev–Trinajstić information content (AvgIpc) is 3.36. The number of rotatable bonds is 12. The third-order valence-corrected chi connectivity index (χ3v) is 12.5. The lowest BCUT2D eigenvalue weighted by molar-refractivity contribution is 0.732. The summed E-state index contributed by atoms with van der Waals surface area (Å²) < 4.78 is 0. The molecule has 1 heteroatoms. The molecular formula is C64H55N. The molecule has 8 aromatic carbocycles. The molecule has 0 bridgehead atoms. The van der Waals surface area contributed by atoms with E-state index < -0.39 is 0 Å². The summed E-state index contributed by atoms with van der Waals surface area (Å²) in [5.41, 5.74) is 21.6. The molecule has 8 aromatic rings. The number of nitrogens with zero attached hydrogens (tertiary/aromatic N) is 1. The maximum absolute atomic E-state index is 2.36. The highest BCUT2D eigenvalue weighted by Gasteiger charge is 2.14. The SMILES string of the molecule is C/C(=C\c1ccc(-c2ccc(N(c3ccc(-c4ccc(/C=C(\C)c5ccccc5)cc4)cc3)c3ccc(-c4ccc(/C=C(\C)c5ccccc5)cc4)cc3)cc2)cc1)C1=CCC(C)C=C1. The van der Waals surface area contributed by atoms with E-state index in [1.165, 1.54) is 83.5 Å². The second-order valence-electron chi connectivity index (χ2n) is 17.3. The van der Waals surface area contributed by atoms with E-state index in [-0.39, 0.29) is 0 Å². The molecule has 1 aliphatic rings. The summed E-state index contributed by atoms with van der Waals surface area (Å²) in [6, 6.07) is 74.6. The van der Waals surface area contributed by atoms with Crippen LogP contribution in [-0.2, 0) is 0 Å². The Kier molecular flexibility index (Phi) is 12.9. The van der Waals surface area contributed by atoms with Gasteiger partial charge < -0.3 is 4.90 Å². The fourth-order valence-electron chi connectivity index (χ4n) is 8.59. The first-order valence-corrected chi connectivity index (χ1v) is 22.8. The number of allylic oxidation sites excluding steroid dienone is 7. The Balaban J connectivity index is 0.975. The molecule has 0 heterocycles. The van der Waals surface area contributed by atoms with Crippen LogP contribution in [0.3, 0.4) is 0 Å². The van der Waals surface area contributed by atoms with Crippen LogP contribution in [0.4, 0.5) is 17.1 Å². The van der Waals surface area contributed by atoms with E-state index in [0.29, 0.717) is 5.92 Å². The number of hydrogen-bond acceptors (Lipinski definition) is 1. The molecule has 0 amide bonds. The lowest BCUT2D eigenvalue weighted by Gasteiger charge is -2.26. The fraction of sp³-hybridized carbons (Fsp3) is 0.0938. The zero-order chi connectivity index (χ0) is 44.5. The fourth-order valence-corrected chi connectivity index (χ4v) is 8.59. The molecule has 0 spiro atoms. The summed E-state index contributed by atoms with van der Waals surface area (Å²) >= 11 is 0. The highest BCUT2D eigenvalue weighted by molar-refractivity contribution is 5.84. The van der Waals surface area contributed by atoms with Gasteiger partial charge in [0.1, 0.15) is 0 Å². The topological polar surface area (TPSA) is 3.24 Å². The van der Waals surface area contributed by atoms with E-state index in [0.717, 1.165) is 23.5 Å². The minimum Gasteiger partial charge on any atom is -0.311 e.